The minimum Gasteiger partial charge on any atom is -0.497 e. The van der Waals surface area contributed by atoms with Crippen molar-refractivity contribution >= 4 is 28.5 Å². The van der Waals surface area contributed by atoms with Gasteiger partial charge >= 0.3 is 0 Å². The van der Waals surface area contributed by atoms with Crippen LogP contribution in [0.5, 0.6) is 5.75 Å². The summed E-state index contributed by atoms with van der Waals surface area (Å²) in [5.74, 6) is 1.91. The predicted octanol–water partition coefficient (Wildman–Crippen LogP) is 4.05. The highest BCUT2D eigenvalue weighted by atomic mass is 16.5. The first-order valence-electron chi connectivity index (χ1n) is 10.2. The molecule has 2 amide bonds. The van der Waals surface area contributed by atoms with Crippen molar-refractivity contribution in [1.82, 2.24) is 15.3 Å². The summed E-state index contributed by atoms with van der Waals surface area (Å²) < 4.78 is 5.18. The second kappa shape index (κ2) is 8.57. The molecule has 3 aromatic rings. The van der Waals surface area contributed by atoms with Crippen molar-refractivity contribution < 1.29 is 14.3 Å². The van der Waals surface area contributed by atoms with Crippen molar-refractivity contribution in [3.8, 4) is 5.75 Å². The Morgan fingerprint density at radius 3 is 2.60 bits per heavy atom. The lowest BCUT2D eigenvalue weighted by atomic mass is 9.85. The number of ether oxygens (including phenoxy) is 1. The van der Waals surface area contributed by atoms with E-state index in [4.69, 9.17) is 4.74 Å². The molecule has 30 heavy (non-hydrogen) atoms. The quantitative estimate of drug-likeness (QED) is 0.552. The van der Waals surface area contributed by atoms with Gasteiger partial charge in [-0.2, -0.15) is 0 Å². The van der Waals surface area contributed by atoms with Crippen LogP contribution >= 0.6 is 0 Å². The number of nitrogens with one attached hydrogen (secondary N) is 3. The maximum atomic E-state index is 12.7. The molecule has 0 bridgehead atoms. The maximum Gasteiger partial charge on any atom is 0.226 e. The fraction of sp³-hybridized carbons (Fsp3) is 0.348. The number of amides is 2. The van der Waals surface area contributed by atoms with E-state index in [0.29, 0.717) is 11.6 Å². The number of fused-ring (bicyclic) bond motifs is 1. The number of hydrogen-bond acceptors (Lipinski definition) is 4. The molecule has 156 valence electrons. The fourth-order valence-electron chi connectivity index (χ4n) is 3.71. The Morgan fingerprint density at radius 1 is 1.20 bits per heavy atom. The molecule has 4 rings (SSSR count). The molecule has 0 aliphatic heterocycles. The maximum absolute atomic E-state index is 12.7. The number of hydrogen-bond donors (Lipinski definition) is 3. The first-order chi connectivity index (χ1) is 14.5. The number of carbonyl (C=O) groups excluding carboxylic acids is 2. The Hall–Kier alpha value is -3.35. The van der Waals surface area contributed by atoms with E-state index in [0.717, 1.165) is 28.2 Å². The number of imidazole rings is 1. The number of methoxy groups -OCH3 is 1. The van der Waals surface area contributed by atoms with Crippen LogP contribution < -0.4 is 15.4 Å². The summed E-state index contributed by atoms with van der Waals surface area (Å²) in [6.45, 7) is 1.44. The number of anilines is 1. The molecule has 1 saturated carbocycles. The summed E-state index contributed by atoms with van der Waals surface area (Å²) in [4.78, 5) is 32.4. The molecule has 1 aromatic heterocycles. The number of aromatic amines is 1. The minimum atomic E-state index is -0.422. The van der Waals surface area contributed by atoms with E-state index in [1.165, 1.54) is 26.2 Å². The van der Waals surface area contributed by atoms with Crippen LogP contribution in [-0.2, 0) is 9.59 Å². The molecule has 0 saturated heterocycles. The van der Waals surface area contributed by atoms with Gasteiger partial charge in [0.15, 0.2) is 0 Å². The van der Waals surface area contributed by atoms with E-state index >= 15 is 0 Å². The van der Waals surface area contributed by atoms with Gasteiger partial charge < -0.3 is 20.4 Å². The summed E-state index contributed by atoms with van der Waals surface area (Å²) in [5.41, 5.74) is 3.37. The largest absolute Gasteiger partial charge is 0.497 e. The van der Waals surface area contributed by atoms with Crippen LogP contribution in [0.15, 0.2) is 42.5 Å². The van der Waals surface area contributed by atoms with Gasteiger partial charge in [0.1, 0.15) is 11.6 Å². The first-order valence-corrected chi connectivity index (χ1v) is 10.2. The number of carbonyl (C=O) groups is 2. The molecule has 0 radical (unpaired) electrons. The Balaban J connectivity index is 1.46. The summed E-state index contributed by atoms with van der Waals surface area (Å²) in [5, 5.41) is 5.79. The highest BCUT2D eigenvalue weighted by Gasteiger charge is 2.23. The van der Waals surface area contributed by atoms with Crippen molar-refractivity contribution in [2.75, 3.05) is 12.4 Å². The van der Waals surface area contributed by atoms with Crippen LogP contribution in [0.1, 0.15) is 56.0 Å². The molecule has 1 aliphatic rings. The Labute approximate surface area is 175 Å². The summed E-state index contributed by atoms with van der Waals surface area (Å²) in [6, 6.07) is 12.6. The first kappa shape index (κ1) is 19.9. The SMILES string of the molecule is COc1ccc(C(CC(=O)Nc2ccc3nc(C4CCC4)[nH]c3c2)NC(C)=O)cc1. The Kier molecular flexibility index (Phi) is 5.70. The molecule has 7 heteroatoms. The Morgan fingerprint density at radius 2 is 1.97 bits per heavy atom. The molecule has 2 aromatic carbocycles. The molecular formula is C23H26N4O3. The van der Waals surface area contributed by atoms with Gasteiger partial charge in [0, 0.05) is 18.5 Å². The summed E-state index contributed by atoms with van der Waals surface area (Å²) in [7, 11) is 1.60. The van der Waals surface area contributed by atoms with Crippen LogP contribution in [0.2, 0.25) is 0 Å². The number of benzene rings is 2. The van der Waals surface area contributed by atoms with Crippen molar-refractivity contribution in [2.24, 2.45) is 0 Å². The summed E-state index contributed by atoms with van der Waals surface area (Å²) in [6.07, 6.45) is 3.74. The lowest BCUT2D eigenvalue weighted by molar-refractivity contribution is -0.120. The lowest BCUT2D eigenvalue weighted by Crippen LogP contribution is -2.29. The van der Waals surface area contributed by atoms with Crippen molar-refractivity contribution in [3.05, 3.63) is 53.9 Å². The van der Waals surface area contributed by atoms with E-state index in [1.807, 2.05) is 42.5 Å². The summed E-state index contributed by atoms with van der Waals surface area (Å²) >= 11 is 0. The molecule has 1 aliphatic carbocycles. The molecular weight excluding hydrogens is 380 g/mol. The molecule has 1 heterocycles. The second-order valence-corrected chi connectivity index (χ2v) is 7.76. The normalized spacial score (nSPS) is 14.7. The van der Waals surface area contributed by atoms with Gasteiger partial charge in [0.2, 0.25) is 11.8 Å². The third kappa shape index (κ3) is 4.45. The zero-order valence-electron chi connectivity index (χ0n) is 17.2. The number of nitrogens with zero attached hydrogens (tertiary/aromatic N) is 1. The van der Waals surface area contributed by atoms with Crippen LogP contribution in [0.3, 0.4) is 0 Å². The monoisotopic (exact) mass is 406 g/mol. The van der Waals surface area contributed by atoms with Crippen LogP contribution in [-0.4, -0.2) is 28.9 Å². The third-order valence-corrected chi connectivity index (χ3v) is 5.56. The van der Waals surface area contributed by atoms with Gasteiger partial charge in [-0.1, -0.05) is 18.6 Å². The van der Waals surface area contributed by atoms with Crippen molar-refractivity contribution in [1.29, 1.82) is 0 Å². The van der Waals surface area contributed by atoms with E-state index in [-0.39, 0.29) is 18.2 Å². The third-order valence-electron chi connectivity index (χ3n) is 5.56. The van der Waals surface area contributed by atoms with Gasteiger partial charge in [0.25, 0.3) is 0 Å². The van der Waals surface area contributed by atoms with Gasteiger partial charge in [-0.15, -0.1) is 0 Å². The van der Waals surface area contributed by atoms with Gasteiger partial charge in [0.05, 0.1) is 30.6 Å². The minimum absolute atomic E-state index is 0.125. The second-order valence-electron chi connectivity index (χ2n) is 7.76. The zero-order valence-corrected chi connectivity index (χ0v) is 17.2. The van der Waals surface area contributed by atoms with Crippen LogP contribution in [0, 0.1) is 0 Å². The van der Waals surface area contributed by atoms with E-state index in [1.54, 1.807) is 7.11 Å². The van der Waals surface area contributed by atoms with Crippen LogP contribution in [0.25, 0.3) is 11.0 Å². The smallest absolute Gasteiger partial charge is 0.226 e. The lowest BCUT2D eigenvalue weighted by Gasteiger charge is -2.22. The average Bonchev–Trinajstić information content (AvgIpc) is 3.08. The fourth-order valence-corrected chi connectivity index (χ4v) is 3.71. The van der Waals surface area contributed by atoms with E-state index in [2.05, 4.69) is 20.6 Å². The number of H-pyrrole nitrogens is 1. The molecule has 1 atom stereocenters. The molecule has 0 spiro atoms. The number of rotatable bonds is 7. The van der Waals surface area contributed by atoms with E-state index < -0.39 is 6.04 Å². The highest BCUT2D eigenvalue weighted by molar-refractivity contribution is 5.93. The van der Waals surface area contributed by atoms with Crippen molar-refractivity contribution in [3.63, 3.8) is 0 Å². The standard InChI is InChI=1S/C23H26N4O3/c1-14(28)24-20(15-6-9-18(30-2)10-7-15)13-22(29)25-17-8-11-19-21(12-17)27-23(26-19)16-4-3-5-16/h6-12,16,20H,3-5,13H2,1-2H3,(H,24,28)(H,25,29)(H,26,27). The predicted molar refractivity (Wildman–Crippen MR) is 115 cm³/mol. The van der Waals surface area contributed by atoms with Crippen molar-refractivity contribution in [2.45, 2.75) is 44.6 Å². The molecule has 7 nitrogen and oxygen atoms in total. The van der Waals surface area contributed by atoms with Gasteiger partial charge in [-0.3, -0.25) is 9.59 Å². The van der Waals surface area contributed by atoms with Crippen LogP contribution in [0.4, 0.5) is 5.69 Å². The van der Waals surface area contributed by atoms with Gasteiger partial charge in [-0.25, -0.2) is 4.98 Å². The zero-order chi connectivity index (χ0) is 21.1. The van der Waals surface area contributed by atoms with E-state index in [9.17, 15) is 9.59 Å². The molecule has 1 fully saturated rings. The molecule has 3 N–H and O–H groups in total. The average molecular weight is 406 g/mol. The van der Waals surface area contributed by atoms with Gasteiger partial charge in [-0.05, 0) is 48.7 Å². The molecule has 1 unspecified atom stereocenters. The topological polar surface area (TPSA) is 96.1 Å². The highest BCUT2D eigenvalue weighted by Crippen LogP contribution is 2.35. The Bertz CT molecular complexity index is 1050. The number of aromatic nitrogens is 2.